The Morgan fingerprint density at radius 2 is 2.00 bits per heavy atom. The third-order valence-electron chi connectivity index (χ3n) is 2.22. The zero-order valence-electron chi connectivity index (χ0n) is 8.05. The van der Waals surface area contributed by atoms with Gasteiger partial charge >= 0.3 is 0 Å². The average molecular weight is 188 g/mol. The fourth-order valence-corrected chi connectivity index (χ4v) is 1.47. The highest BCUT2D eigenvalue weighted by Crippen LogP contribution is 2.03. The molecular weight excluding hydrogens is 176 g/mol. The van der Waals surface area contributed by atoms with E-state index in [0.717, 1.165) is 17.0 Å². The van der Waals surface area contributed by atoms with E-state index in [1.165, 1.54) is 5.56 Å². The van der Waals surface area contributed by atoms with Crippen molar-refractivity contribution in [1.82, 2.24) is 4.57 Å². The Hall–Kier alpha value is -1.77. The number of imidazole rings is 1. The average Bonchev–Trinajstić information content (AvgIpc) is 2.47. The van der Waals surface area contributed by atoms with Crippen molar-refractivity contribution in [3.05, 3.63) is 59.3 Å². The predicted octanol–water partition coefficient (Wildman–Crippen LogP) is 1.48. The third kappa shape index (κ3) is 1.76. The van der Waals surface area contributed by atoms with Gasteiger partial charge in [0.15, 0.2) is 0 Å². The number of benzene rings is 1. The minimum absolute atomic E-state index is 0.752. The molecule has 0 bridgehead atoms. The second kappa shape index (κ2) is 3.54. The first-order valence-electron chi connectivity index (χ1n) is 4.55. The Bertz CT molecular complexity index is 420. The van der Waals surface area contributed by atoms with Gasteiger partial charge in [-0.1, -0.05) is 30.3 Å². The van der Waals surface area contributed by atoms with Gasteiger partial charge in [0.25, 0.3) is 0 Å². The van der Waals surface area contributed by atoms with Crippen LogP contribution in [-0.4, -0.2) is 4.57 Å². The van der Waals surface area contributed by atoms with Gasteiger partial charge in [0.2, 0.25) is 6.33 Å². The number of hydrogen-bond donors (Lipinski definition) is 0. The van der Waals surface area contributed by atoms with Crippen molar-refractivity contribution >= 4 is 0 Å². The molecule has 0 fully saturated rings. The van der Waals surface area contributed by atoms with Gasteiger partial charge in [-0.05, 0) is 5.56 Å². The summed E-state index contributed by atoms with van der Waals surface area (Å²) in [5.74, 6) is 0. The lowest BCUT2D eigenvalue weighted by molar-refractivity contribution is -0.605. The molecule has 0 N–H and O–H groups in total. The van der Waals surface area contributed by atoms with Gasteiger partial charge in [0.05, 0.1) is 0 Å². The topological polar surface area (TPSA) is 31.9 Å². The number of rotatable bonds is 2. The lowest BCUT2D eigenvalue weighted by atomic mass is 10.2. The fraction of sp³-hybridized carbons (Fsp3) is 0.182. The molecule has 1 aromatic heterocycles. The van der Waals surface area contributed by atoms with Gasteiger partial charge in [0, 0.05) is 6.92 Å². The molecule has 0 aliphatic heterocycles. The maximum absolute atomic E-state index is 11.0. The Balaban J connectivity index is 2.23. The normalized spacial score (nSPS) is 10.4. The molecule has 14 heavy (non-hydrogen) atoms. The molecule has 0 atom stereocenters. The molecule has 0 aliphatic rings. The summed E-state index contributed by atoms with van der Waals surface area (Å²) in [5.41, 5.74) is 2.18. The maximum atomic E-state index is 11.0. The Morgan fingerprint density at radius 1 is 1.29 bits per heavy atom. The summed E-state index contributed by atoms with van der Waals surface area (Å²) in [6, 6.07) is 10.1. The highest BCUT2D eigenvalue weighted by Gasteiger charge is 2.05. The van der Waals surface area contributed by atoms with Crippen LogP contribution in [0.2, 0.25) is 0 Å². The van der Waals surface area contributed by atoms with Gasteiger partial charge < -0.3 is 5.21 Å². The van der Waals surface area contributed by atoms with E-state index in [0.29, 0.717) is 0 Å². The molecule has 2 rings (SSSR count). The van der Waals surface area contributed by atoms with E-state index >= 15 is 0 Å². The SMILES string of the molecule is Cc1c[n+]([O-])cn1Cc1ccccc1. The molecule has 3 nitrogen and oxygen atoms in total. The maximum Gasteiger partial charge on any atom is 0.247 e. The van der Waals surface area contributed by atoms with E-state index < -0.39 is 0 Å². The summed E-state index contributed by atoms with van der Waals surface area (Å²) in [5, 5.41) is 11.0. The van der Waals surface area contributed by atoms with Crippen LogP contribution in [0.3, 0.4) is 0 Å². The molecule has 2 aromatic rings. The van der Waals surface area contributed by atoms with Crippen LogP contribution in [-0.2, 0) is 6.54 Å². The quantitative estimate of drug-likeness (QED) is 0.519. The van der Waals surface area contributed by atoms with Crippen LogP contribution in [0.25, 0.3) is 0 Å². The second-order valence-electron chi connectivity index (χ2n) is 3.36. The van der Waals surface area contributed by atoms with E-state index in [9.17, 15) is 5.21 Å². The zero-order chi connectivity index (χ0) is 9.97. The third-order valence-corrected chi connectivity index (χ3v) is 2.22. The van der Waals surface area contributed by atoms with Crippen molar-refractivity contribution in [1.29, 1.82) is 0 Å². The molecule has 0 amide bonds. The van der Waals surface area contributed by atoms with Crippen LogP contribution >= 0.6 is 0 Å². The molecule has 72 valence electrons. The smallest absolute Gasteiger partial charge is 0.247 e. The zero-order valence-corrected chi connectivity index (χ0v) is 8.05. The van der Waals surface area contributed by atoms with Gasteiger partial charge in [0.1, 0.15) is 18.4 Å². The van der Waals surface area contributed by atoms with E-state index in [2.05, 4.69) is 12.1 Å². The summed E-state index contributed by atoms with van der Waals surface area (Å²) in [6.45, 7) is 2.68. The van der Waals surface area contributed by atoms with Crippen molar-refractivity contribution in [2.75, 3.05) is 0 Å². The first-order valence-corrected chi connectivity index (χ1v) is 4.55. The molecule has 0 saturated heterocycles. The Kier molecular flexibility index (Phi) is 2.23. The Morgan fingerprint density at radius 3 is 2.57 bits per heavy atom. The van der Waals surface area contributed by atoms with Crippen LogP contribution in [0, 0.1) is 12.1 Å². The van der Waals surface area contributed by atoms with Gasteiger partial charge in [-0.15, -0.1) is 0 Å². The largest absolute Gasteiger partial charge is 0.711 e. The molecule has 1 aromatic carbocycles. The fourth-order valence-electron chi connectivity index (χ4n) is 1.47. The van der Waals surface area contributed by atoms with E-state index in [-0.39, 0.29) is 0 Å². The van der Waals surface area contributed by atoms with Crippen molar-refractivity contribution in [3.63, 3.8) is 0 Å². The van der Waals surface area contributed by atoms with Crippen molar-refractivity contribution < 1.29 is 4.73 Å². The number of aromatic nitrogens is 2. The summed E-state index contributed by atoms with van der Waals surface area (Å²) < 4.78 is 2.76. The summed E-state index contributed by atoms with van der Waals surface area (Å²) in [4.78, 5) is 0. The van der Waals surface area contributed by atoms with Crippen LogP contribution in [0.4, 0.5) is 0 Å². The van der Waals surface area contributed by atoms with E-state index in [1.807, 2.05) is 29.7 Å². The highest BCUT2D eigenvalue weighted by atomic mass is 16.5. The standard InChI is InChI=1S/C11H12N2O/c1-10-7-13(14)9-12(10)8-11-5-3-2-4-6-11/h2-7,9H,8H2,1H3. The molecule has 0 aliphatic carbocycles. The summed E-state index contributed by atoms with van der Waals surface area (Å²) in [7, 11) is 0. The number of aryl methyl sites for hydroxylation is 1. The second-order valence-corrected chi connectivity index (χ2v) is 3.36. The molecule has 0 spiro atoms. The molecule has 3 heteroatoms. The first kappa shape index (κ1) is 8.81. The van der Waals surface area contributed by atoms with Gasteiger partial charge in [-0.2, -0.15) is 0 Å². The minimum Gasteiger partial charge on any atom is -0.711 e. The van der Waals surface area contributed by atoms with Gasteiger partial charge in [-0.25, -0.2) is 9.30 Å². The molecule has 0 radical (unpaired) electrons. The van der Waals surface area contributed by atoms with E-state index in [1.54, 1.807) is 12.5 Å². The molecule has 1 heterocycles. The van der Waals surface area contributed by atoms with Crippen LogP contribution < -0.4 is 4.73 Å². The van der Waals surface area contributed by atoms with Crippen molar-refractivity contribution in [2.45, 2.75) is 13.5 Å². The lowest BCUT2D eigenvalue weighted by Crippen LogP contribution is -2.21. The van der Waals surface area contributed by atoms with Crippen LogP contribution in [0.15, 0.2) is 42.9 Å². The summed E-state index contributed by atoms with van der Waals surface area (Å²) >= 11 is 0. The molecular formula is C11H12N2O. The lowest BCUT2D eigenvalue weighted by Gasteiger charge is -1.98. The van der Waals surface area contributed by atoms with Crippen molar-refractivity contribution in [3.8, 4) is 0 Å². The van der Waals surface area contributed by atoms with Crippen molar-refractivity contribution in [2.24, 2.45) is 0 Å². The minimum atomic E-state index is 0.752. The predicted molar refractivity (Wildman–Crippen MR) is 53.7 cm³/mol. The van der Waals surface area contributed by atoms with Crippen LogP contribution in [0.1, 0.15) is 11.3 Å². The monoisotopic (exact) mass is 188 g/mol. The number of nitrogens with zero attached hydrogens (tertiary/aromatic N) is 2. The van der Waals surface area contributed by atoms with Crippen LogP contribution in [0.5, 0.6) is 0 Å². The molecule has 0 saturated carbocycles. The molecule has 0 unspecified atom stereocenters. The highest BCUT2D eigenvalue weighted by molar-refractivity contribution is 5.15. The Labute approximate surface area is 82.8 Å². The first-order chi connectivity index (χ1) is 6.75. The summed E-state index contributed by atoms with van der Waals surface area (Å²) in [6.07, 6.45) is 3.13. The van der Waals surface area contributed by atoms with E-state index in [4.69, 9.17) is 0 Å². The number of hydrogen-bond acceptors (Lipinski definition) is 1. The van der Waals surface area contributed by atoms with Gasteiger partial charge in [-0.3, -0.25) is 0 Å².